The second-order valence-corrected chi connectivity index (χ2v) is 3.59. The van der Waals surface area contributed by atoms with E-state index in [0.29, 0.717) is 6.42 Å². The van der Waals surface area contributed by atoms with E-state index >= 15 is 0 Å². The van der Waals surface area contributed by atoms with Crippen LogP contribution in [-0.4, -0.2) is 0 Å². The van der Waals surface area contributed by atoms with E-state index in [2.05, 4.69) is 19.1 Å². The fraction of sp³-hybridized carbons (Fsp3) is 0.500. The molecule has 0 aromatic heterocycles. The molecule has 0 bridgehead atoms. The summed E-state index contributed by atoms with van der Waals surface area (Å²) >= 11 is 0. The van der Waals surface area contributed by atoms with Gasteiger partial charge in [-0.2, -0.15) is 5.26 Å². The highest BCUT2D eigenvalue weighted by Gasteiger charge is 2.22. The molecule has 0 saturated heterocycles. The minimum absolute atomic E-state index is 0.106. The fourth-order valence-electron chi connectivity index (χ4n) is 1.50. The Morgan fingerprint density at radius 3 is 3.08 bits per heavy atom. The lowest BCUT2D eigenvalue weighted by molar-refractivity contribution is 0.387. The van der Waals surface area contributed by atoms with Crippen LogP contribution in [-0.2, 0) is 0 Å². The second-order valence-electron chi connectivity index (χ2n) is 3.59. The van der Waals surface area contributed by atoms with Gasteiger partial charge in [0, 0.05) is 12.1 Å². The molecule has 1 atom stereocenters. The van der Waals surface area contributed by atoms with Crippen LogP contribution in [0, 0.1) is 16.7 Å². The first kappa shape index (κ1) is 8.86. The molecule has 0 spiro atoms. The summed E-state index contributed by atoms with van der Waals surface area (Å²) in [4.78, 5) is 0. The fourth-order valence-corrected chi connectivity index (χ4v) is 1.50. The summed E-state index contributed by atoms with van der Waals surface area (Å²) in [6, 6.07) is 2.16. The normalized spacial score (nSPS) is 27.8. The van der Waals surface area contributed by atoms with E-state index in [1.165, 1.54) is 0 Å². The van der Waals surface area contributed by atoms with Gasteiger partial charge in [-0.05, 0) is 24.3 Å². The number of hydrogen-bond donors (Lipinski definition) is 1. The van der Waals surface area contributed by atoms with Crippen LogP contribution in [0.1, 0.15) is 26.2 Å². The smallest absolute Gasteiger partial charge is 0.0622 e. The van der Waals surface area contributed by atoms with Gasteiger partial charge < -0.3 is 5.73 Å². The standard InChI is InChI=1S/C10H14N2/c1-10(6-3-7-11)5-2-4-9(12)8-10/h2,4-5H,3,6,8,12H2,1H3. The molecular formula is C10H14N2. The minimum Gasteiger partial charge on any atom is -0.402 e. The van der Waals surface area contributed by atoms with Crippen LogP contribution in [0.2, 0.25) is 0 Å². The number of hydrogen-bond acceptors (Lipinski definition) is 2. The summed E-state index contributed by atoms with van der Waals surface area (Å²) in [7, 11) is 0. The van der Waals surface area contributed by atoms with Crippen molar-refractivity contribution in [1.29, 1.82) is 5.26 Å². The SMILES string of the molecule is CC1(CCC#N)C=CC=C(N)C1. The third-order valence-electron chi connectivity index (χ3n) is 2.22. The van der Waals surface area contributed by atoms with E-state index in [4.69, 9.17) is 11.0 Å². The van der Waals surface area contributed by atoms with E-state index in [9.17, 15) is 0 Å². The number of nitrogens with zero attached hydrogens (tertiary/aromatic N) is 1. The van der Waals surface area contributed by atoms with Crippen molar-refractivity contribution in [2.75, 3.05) is 0 Å². The molecule has 0 aliphatic heterocycles. The second kappa shape index (κ2) is 3.44. The van der Waals surface area contributed by atoms with Crippen LogP contribution < -0.4 is 5.73 Å². The third-order valence-corrected chi connectivity index (χ3v) is 2.22. The largest absolute Gasteiger partial charge is 0.402 e. The first-order valence-electron chi connectivity index (χ1n) is 4.17. The molecule has 12 heavy (non-hydrogen) atoms. The summed E-state index contributed by atoms with van der Waals surface area (Å²) in [5.41, 5.74) is 6.73. The maximum Gasteiger partial charge on any atom is 0.0622 e. The Bertz CT molecular complexity index is 258. The van der Waals surface area contributed by atoms with Crippen molar-refractivity contribution in [3.63, 3.8) is 0 Å². The van der Waals surface area contributed by atoms with E-state index in [1.54, 1.807) is 0 Å². The molecule has 0 saturated carbocycles. The number of nitriles is 1. The lowest BCUT2D eigenvalue weighted by atomic mass is 9.79. The average molecular weight is 162 g/mol. The highest BCUT2D eigenvalue weighted by atomic mass is 14.6. The molecular weight excluding hydrogens is 148 g/mol. The Balaban J connectivity index is 2.58. The molecule has 0 aromatic rings. The Hall–Kier alpha value is -1.23. The number of allylic oxidation sites excluding steroid dienone is 4. The summed E-state index contributed by atoms with van der Waals surface area (Å²) in [6.07, 6.45) is 8.43. The molecule has 0 heterocycles. The Morgan fingerprint density at radius 1 is 1.75 bits per heavy atom. The van der Waals surface area contributed by atoms with Crippen LogP contribution in [0.15, 0.2) is 23.9 Å². The monoisotopic (exact) mass is 162 g/mol. The number of nitrogens with two attached hydrogens (primary N) is 1. The van der Waals surface area contributed by atoms with Gasteiger partial charge >= 0.3 is 0 Å². The minimum atomic E-state index is 0.106. The van der Waals surface area contributed by atoms with Gasteiger partial charge in [0.15, 0.2) is 0 Å². The van der Waals surface area contributed by atoms with Crippen molar-refractivity contribution in [1.82, 2.24) is 0 Å². The summed E-state index contributed by atoms with van der Waals surface area (Å²) in [5.74, 6) is 0. The zero-order chi connectivity index (χ0) is 9.03. The predicted octanol–water partition coefficient (Wildman–Crippen LogP) is 2.10. The molecule has 0 aromatic carbocycles. The lowest BCUT2D eigenvalue weighted by Crippen LogP contribution is -2.19. The predicted molar refractivity (Wildman–Crippen MR) is 49.0 cm³/mol. The van der Waals surface area contributed by atoms with Crippen LogP contribution in [0.5, 0.6) is 0 Å². The highest BCUT2D eigenvalue weighted by molar-refractivity contribution is 5.21. The van der Waals surface area contributed by atoms with Gasteiger partial charge in [0.2, 0.25) is 0 Å². The molecule has 64 valence electrons. The van der Waals surface area contributed by atoms with Crippen LogP contribution in [0.4, 0.5) is 0 Å². The van der Waals surface area contributed by atoms with Crippen molar-refractivity contribution in [3.8, 4) is 6.07 Å². The lowest BCUT2D eigenvalue weighted by Gasteiger charge is -2.27. The summed E-state index contributed by atoms with van der Waals surface area (Å²) in [5, 5.41) is 8.46. The molecule has 2 N–H and O–H groups in total. The van der Waals surface area contributed by atoms with Crippen LogP contribution >= 0.6 is 0 Å². The molecule has 1 aliphatic carbocycles. The van der Waals surface area contributed by atoms with Crippen LogP contribution in [0.25, 0.3) is 0 Å². The van der Waals surface area contributed by atoms with Crippen molar-refractivity contribution < 1.29 is 0 Å². The molecule has 1 rings (SSSR count). The molecule has 1 aliphatic rings. The van der Waals surface area contributed by atoms with Gasteiger partial charge in [-0.3, -0.25) is 0 Å². The van der Waals surface area contributed by atoms with Crippen LogP contribution in [0.3, 0.4) is 0 Å². The van der Waals surface area contributed by atoms with Gasteiger partial charge in [0.05, 0.1) is 6.07 Å². The highest BCUT2D eigenvalue weighted by Crippen LogP contribution is 2.33. The quantitative estimate of drug-likeness (QED) is 0.676. The molecule has 0 radical (unpaired) electrons. The first-order valence-corrected chi connectivity index (χ1v) is 4.17. The maximum absolute atomic E-state index is 8.46. The van der Waals surface area contributed by atoms with Gasteiger partial charge in [0.25, 0.3) is 0 Å². The Morgan fingerprint density at radius 2 is 2.50 bits per heavy atom. The van der Waals surface area contributed by atoms with E-state index in [0.717, 1.165) is 18.5 Å². The van der Waals surface area contributed by atoms with E-state index in [1.807, 2.05) is 12.2 Å². The average Bonchev–Trinajstić information content (AvgIpc) is 2.01. The maximum atomic E-state index is 8.46. The summed E-state index contributed by atoms with van der Waals surface area (Å²) in [6.45, 7) is 2.14. The van der Waals surface area contributed by atoms with Gasteiger partial charge in [-0.1, -0.05) is 19.1 Å². The third kappa shape index (κ3) is 2.13. The Labute approximate surface area is 73.4 Å². The van der Waals surface area contributed by atoms with Crippen molar-refractivity contribution in [3.05, 3.63) is 23.9 Å². The van der Waals surface area contributed by atoms with Gasteiger partial charge in [0.1, 0.15) is 0 Å². The van der Waals surface area contributed by atoms with Gasteiger partial charge in [-0.25, -0.2) is 0 Å². The topological polar surface area (TPSA) is 49.8 Å². The Kier molecular flexibility index (Phi) is 2.54. The van der Waals surface area contributed by atoms with Crippen molar-refractivity contribution >= 4 is 0 Å². The molecule has 0 fully saturated rings. The summed E-state index contributed by atoms with van der Waals surface area (Å²) < 4.78 is 0. The molecule has 0 amide bonds. The van der Waals surface area contributed by atoms with Crippen molar-refractivity contribution in [2.45, 2.75) is 26.2 Å². The number of rotatable bonds is 2. The van der Waals surface area contributed by atoms with E-state index in [-0.39, 0.29) is 5.41 Å². The zero-order valence-corrected chi connectivity index (χ0v) is 7.38. The molecule has 2 nitrogen and oxygen atoms in total. The molecule has 1 unspecified atom stereocenters. The first-order chi connectivity index (χ1) is 5.66. The van der Waals surface area contributed by atoms with Gasteiger partial charge in [-0.15, -0.1) is 0 Å². The van der Waals surface area contributed by atoms with E-state index < -0.39 is 0 Å². The zero-order valence-electron chi connectivity index (χ0n) is 7.38. The molecule has 2 heteroatoms. The van der Waals surface area contributed by atoms with Crippen molar-refractivity contribution in [2.24, 2.45) is 11.1 Å².